The minimum atomic E-state index is -0.855. The van der Waals surface area contributed by atoms with Gasteiger partial charge in [-0.05, 0) is 57.1 Å². The molecule has 44 heavy (non-hydrogen) atoms. The third-order valence-electron chi connectivity index (χ3n) is 9.34. The van der Waals surface area contributed by atoms with E-state index in [1.54, 1.807) is 16.5 Å². The average Bonchev–Trinajstić information content (AvgIpc) is 3.36. The van der Waals surface area contributed by atoms with Gasteiger partial charge in [-0.15, -0.1) is 5.10 Å². The number of carbonyl (C=O) groups is 3. The Kier molecular flexibility index (Phi) is 8.91. The van der Waals surface area contributed by atoms with Crippen LogP contribution in [0.5, 0.6) is 0 Å². The number of amides is 1. The van der Waals surface area contributed by atoms with Crippen LogP contribution in [-0.2, 0) is 19.1 Å². The highest BCUT2D eigenvalue weighted by Crippen LogP contribution is 2.57. The molecule has 1 amide bonds. The molecule has 1 saturated heterocycles. The summed E-state index contributed by atoms with van der Waals surface area (Å²) in [6, 6.07) is 18.2. The molecule has 9 nitrogen and oxygen atoms in total. The normalized spacial score (nSPS) is 28.2. The number of hydrogen-bond acceptors (Lipinski definition) is 7. The number of aromatic nitrogens is 3. The topological polar surface area (TPSA) is 106 Å². The van der Waals surface area contributed by atoms with E-state index in [2.05, 4.69) is 27.8 Å². The van der Waals surface area contributed by atoms with Gasteiger partial charge < -0.3 is 15.0 Å². The molecule has 2 aromatic carbocycles. The largest absolute Gasteiger partial charge is 0.466 e. The van der Waals surface area contributed by atoms with E-state index >= 15 is 0 Å². The molecule has 0 bridgehead atoms. The van der Waals surface area contributed by atoms with Gasteiger partial charge in [-0.25, -0.2) is 4.68 Å². The van der Waals surface area contributed by atoms with Crippen LogP contribution < -0.4 is 5.32 Å². The minimum absolute atomic E-state index is 0.0202. The van der Waals surface area contributed by atoms with Gasteiger partial charge in [0.2, 0.25) is 5.91 Å². The molecule has 9 heteroatoms. The molecule has 3 heterocycles. The Balaban J connectivity index is 1.31. The molecule has 5 atom stereocenters. The Morgan fingerprint density at radius 1 is 1.05 bits per heavy atom. The van der Waals surface area contributed by atoms with E-state index in [1.807, 2.05) is 66.9 Å². The molecule has 3 aromatic rings. The van der Waals surface area contributed by atoms with E-state index in [1.165, 1.54) is 0 Å². The van der Waals surface area contributed by atoms with E-state index in [4.69, 9.17) is 4.74 Å². The maximum atomic E-state index is 14.4. The highest BCUT2D eigenvalue weighted by atomic mass is 16.5. The van der Waals surface area contributed by atoms with E-state index < -0.39 is 17.5 Å². The number of Topliss-reactive ketones (excluding diaryl/α,β-unsaturated/α-hetero) is 1. The van der Waals surface area contributed by atoms with Gasteiger partial charge in [-0.3, -0.25) is 14.4 Å². The SMILES string of the molecule is CCOC(=O)[C@]12CC(=O)[C@@H]3C[C@@H](n4cc(-c5ccccc5)nn4)CN3C(=O)[C@@H](Nc3ccccc3)CCCCC/C=C\[C@H]1C2. The fourth-order valence-electron chi connectivity index (χ4n) is 6.79. The van der Waals surface area contributed by atoms with Crippen LogP contribution in [0.2, 0.25) is 0 Å². The fraction of sp³-hybridized carbons (Fsp3) is 0.457. The summed E-state index contributed by atoms with van der Waals surface area (Å²) in [6.07, 6.45) is 11.7. The summed E-state index contributed by atoms with van der Waals surface area (Å²) in [4.78, 5) is 43.6. The van der Waals surface area contributed by atoms with Crippen molar-refractivity contribution < 1.29 is 19.1 Å². The summed E-state index contributed by atoms with van der Waals surface area (Å²) in [6.45, 7) is 2.40. The van der Waals surface area contributed by atoms with Crippen molar-refractivity contribution in [1.29, 1.82) is 0 Å². The fourth-order valence-corrected chi connectivity index (χ4v) is 6.79. The second kappa shape index (κ2) is 13.2. The van der Waals surface area contributed by atoms with Gasteiger partial charge in [0, 0.05) is 24.2 Å². The first-order chi connectivity index (χ1) is 21.5. The zero-order valence-corrected chi connectivity index (χ0v) is 25.3. The summed E-state index contributed by atoms with van der Waals surface area (Å²) in [5.41, 5.74) is 1.71. The Labute approximate surface area is 258 Å². The first kappa shape index (κ1) is 29.8. The quantitative estimate of drug-likeness (QED) is 0.291. The van der Waals surface area contributed by atoms with Crippen molar-refractivity contribution in [2.75, 3.05) is 18.5 Å². The number of hydrogen-bond donors (Lipinski definition) is 1. The molecule has 1 N–H and O–H groups in total. The maximum absolute atomic E-state index is 14.4. The first-order valence-corrected chi connectivity index (χ1v) is 15.9. The number of nitrogens with one attached hydrogen (secondary N) is 1. The van der Waals surface area contributed by atoms with Crippen molar-refractivity contribution in [3.8, 4) is 11.3 Å². The van der Waals surface area contributed by atoms with Crippen molar-refractivity contribution in [2.45, 2.75) is 76.4 Å². The van der Waals surface area contributed by atoms with Crippen LogP contribution in [0.3, 0.4) is 0 Å². The highest BCUT2D eigenvalue weighted by molar-refractivity contribution is 5.96. The monoisotopic (exact) mass is 595 g/mol. The lowest BCUT2D eigenvalue weighted by Crippen LogP contribution is -2.48. The van der Waals surface area contributed by atoms with Gasteiger partial charge in [0.05, 0.1) is 30.3 Å². The molecular formula is C35H41N5O4. The number of anilines is 1. The van der Waals surface area contributed by atoms with E-state index in [0.717, 1.165) is 42.6 Å². The number of carbonyl (C=O) groups excluding carboxylic acids is 3. The molecular weight excluding hydrogens is 554 g/mol. The van der Waals surface area contributed by atoms with Crippen LogP contribution in [0, 0.1) is 11.3 Å². The molecule has 1 saturated carbocycles. The van der Waals surface area contributed by atoms with E-state index in [9.17, 15) is 14.4 Å². The number of allylic oxidation sites excluding steroid dienone is 2. The molecule has 2 aliphatic heterocycles. The van der Waals surface area contributed by atoms with Gasteiger partial charge in [0.15, 0.2) is 5.78 Å². The van der Waals surface area contributed by atoms with Crippen molar-refractivity contribution in [3.05, 3.63) is 79.0 Å². The number of para-hydroxylation sites is 1. The molecule has 1 aliphatic carbocycles. The Bertz CT molecular complexity index is 1490. The lowest BCUT2D eigenvalue weighted by molar-refractivity contribution is -0.152. The maximum Gasteiger partial charge on any atom is 0.313 e. The summed E-state index contributed by atoms with van der Waals surface area (Å²) < 4.78 is 7.27. The number of esters is 1. The van der Waals surface area contributed by atoms with Crippen molar-refractivity contribution >= 4 is 23.3 Å². The molecule has 3 aliphatic rings. The average molecular weight is 596 g/mol. The van der Waals surface area contributed by atoms with Crippen molar-refractivity contribution in [3.63, 3.8) is 0 Å². The van der Waals surface area contributed by atoms with E-state index in [0.29, 0.717) is 25.8 Å². The predicted molar refractivity (Wildman–Crippen MR) is 167 cm³/mol. The van der Waals surface area contributed by atoms with Crippen LogP contribution in [0.4, 0.5) is 5.69 Å². The molecule has 230 valence electrons. The summed E-state index contributed by atoms with van der Waals surface area (Å²) in [5, 5.41) is 12.3. The second-order valence-electron chi connectivity index (χ2n) is 12.3. The molecule has 0 spiro atoms. The molecule has 0 radical (unpaired) electrons. The number of fused-ring (bicyclic) bond motifs is 2. The van der Waals surface area contributed by atoms with Crippen LogP contribution in [0.15, 0.2) is 79.0 Å². The van der Waals surface area contributed by atoms with Gasteiger partial charge in [-0.1, -0.05) is 78.7 Å². The van der Waals surface area contributed by atoms with Crippen molar-refractivity contribution in [2.24, 2.45) is 11.3 Å². The van der Waals surface area contributed by atoms with Gasteiger partial charge in [0.1, 0.15) is 11.7 Å². The smallest absolute Gasteiger partial charge is 0.313 e. The molecule has 6 rings (SSSR count). The number of ketones is 1. The molecule has 0 unspecified atom stereocenters. The number of nitrogens with zero attached hydrogens (tertiary/aromatic N) is 4. The van der Waals surface area contributed by atoms with Crippen LogP contribution in [0.25, 0.3) is 11.3 Å². The standard InChI is InChI=1S/C35H41N5O4/c1-2-44-34(43)35-21-26(35)16-10-4-3-5-13-19-29(36-27-17-11-7-12-18-27)33(42)39-23-28(20-31(39)32(41)22-35)40-24-30(37-38-40)25-14-8-6-9-15-25/h6-12,14-18,24,26,28-29,31,36H,2-5,13,19-23H2,1H3/b16-10-/t26-,28+,29-,31-,35+/m0/s1. The lowest BCUT2D eigenvalue weighted by Gasteiger charge is -2.30. The lowest BCUT2D eigenvalue weighted by atomic mass is 9.91. The molecule has 2 fully saturated rings. The number of ether oxygens (including phenoxy) is 1. The van der Waals surface area contributed by atoms with E-state index in [-0.39, 0.29) is 42.6 Å². The van der Waals surface area contributed by atoms with Crippen LogP contribution >= 0.6 is 0 Å². The zero-order valence-electron chi connectivity index (χ0n) is 25.3. The van der Waals surface area contributed by atoms with Gasteiger partial charge in [0.25, 0.3) is 0 Å². The number of benzene rings is 2. The first-order valence-electron chi connectivity index (χ1n) is 15.9. The second-order valence-corrected chi connectivity index (χ2v) is 12.3. The third kappa shape index (κ3) is 6.32. The summed E-state index contributed by atoms with van der Waals surface area (Å²) in [5.74, 6) is -0.523. The van der Waals surface area contributed by atoms with Crippen molar-refractivity contribution in [1.82, 2.24) is 19.9 Å². The summed E-state index contributed by atoms with van der Waals surface area (Å²) in [7, 11) is 0. The Morgan fingerprint density at radius 3 is 2.59 bits per heavy atom. The van der Waals surface area contributed by atoms with Crippen LogP contribution in [0.1, 0.15) is 64.3 Å². The van der Waals surface area contributed by atoms with Gasteiger partial charge >= 0.3 is 5.97 Å². The summed E-state index contributed by atoms with van der Waals surface area (Å²) >= 11 is 0. The van der Waals surface area contributed by atoms with Crippen LogP contribution in [-0.4, -0.2) is 62.8 Å². The Morgan fingerprint density at radius 2 is 1.82 bits per heavy atom. The Hall–Kier alpha value is -4.27. The van der Waals surface area contributed by atoms with Gasteiger partial charge in [-0.2, -0.15) is 0 Å². The predicted octanol–water partition coefficient (Wildman–Crippen LogP) is 5.62. The zero-order chi connectivity index (χ0) is 30.5. The highest BCUT2D eigenvalue weighted by Gasteiger charge is 2.61. The minimum Gasteiger partial charge on any atom is -0.466 e. The third-order valence-corrected chi connectivity index (χ3v) is 9.34. The number of rotatable bonds is 6. The molecule has 1 aromatic heterocycles.